The lowest BCUT2D eigenvalue weighted by Crippen LogP contribution is -2.30. The lowest BCUT2D eigenvalue weighted by molar-refractivity contribution is -0.161. The molecule has 0 fully saturated rings. The lowest BCUT2D eigenvalue weighted by Gasteiger charge is -2.21. The molecule has 0 radical (unpaired) electrons. The maximum absolute atomic E-state index is 13.2. The Hall–Kier alpha value is -1.94. The number of unbranched alkanes of at least 4 members (excludes halogenated alkanes) is 57. The molecule has 0 amide bonds. The molecule has 0 aromatic carbocycles. The van der Waals surface area contributed by atoms with Gasteiger partial charge in [0.05, 0.1) is 26.4 Å². The first-order chi connectivity index (χ1) is 52.4. The topological polar surface area (TPSA) is 237 Å². The van der Waals surface area contributed by atoms with Gasteiger partial charge in [-0.3, -0.25) is 37.3 Å². The summed E-state index contributed by atoms with van der Waals surface area (Å²) in [5.41, 5.74) is 0. The van der Waals surface area contributed by atoms with Crippen LogP contribution >= 0.6 is 15.6 Å². The molecule has 642 valence electrons. The zero-order valence-electron chi connectivity index (χ0n) is 71.2. The van der Waals surface area contributed by atoms with Crippen LogP contribution in [0.4, 0.5) is 0 Å². The highest BCUT2D eigenvalue weighted by Crippen LogP contribution is 2.45. The zero-order chi connectivity index (χ0) is 79.2. The van der Waals surface area contributed by atoms with Crippen molar-refractivity contribution < 1.29 is 80.2 Å². The number of esters is 4. The molecule has 0 aromatic heterocycles. The normalized spacial score (nSPS) is 14.0. The van der Waals surface area contributed by atoms with Gasteiger partial charge in [0.25, 0.3) is 0 Å². The predicted octanol–water partition coefficient (Wildman–Crippen LogP) is 27.4. The van der Waals surface area contributed by atoms with Crippen LogP contribution in [0, 0.1) is 11.8 Å². The molecule has 3 unspecified atom stereocenters. The highest BCUT2D eigenvalue weighted by Gasteiger charge is 2.31. The van der Waals surface area contributed by atoms with E-state index < -0.39 is 97.5 Å². The molecule has 0 heterocycles. The number of carbonyl (C=O) groups excluding carboxylic acids is 4. The van der Waals surface area contributed by atoms with E-state index in [1.807, 2.05) is 0 Å². The maximum atomic E-state index is 13.2. The fraction of sp³-hybridized carbons (Fsp3) is 0.955. The molecule has 0 bridgehead atoms. The monoisotopic (exact) mass is 1580 g/mol. The van der Waals surface area contributed by atoms with Crippen molar-refractivity contribution >= 4 is 39.5 Å². The van der Waals surface area contributed by atoms with Gasteiger partial charge in [0.15, 0.2) is 12.2 Å². The average Bonchev–Trinajstić information content (AvgIpc) is 0.899. The Balaban J connectivity index is 5.24. The van der Waals surface area contributed by atoms with Crippen molar-refractivity contribution in [1.82, 2.24) is 0 Å². The van der Waals surface area contributed by atoms with Crippen molar-refractivity contribution in [3.05, 3.63) is 0 Å². The highest BCUT2D eigenvalue weighted by molar-refractivity contribution is 7.47. The van der Waals surface area contributed by atoms with Crippen LogP contribution in [0.25, 0.3) is 0 Å². The number of ether oxygens (including phenoxy) is 4. The van der Waals surface area contributed by atoms with Crippen LogP contribution in [0.1, 0.15) is 478 Å². The van der Waals surface area contributed by atoms with Crippen LogP contribution in [0.3, 0.4) is 0 Å². The van der Waals surface area contributed by atoms with Gasteiger partial charge in [-0.1, -0.05) is 427 Å². The molecule has 0 rings (SSSR count). The number of rotatable bonds is 88. The number of hydrogen-bond acceptors (Lipinski definition) is 15. The second-order valence-electron chi connectivity index (χ2n) is 32.7. The number of carbonyl (C=O) groups is 4. The molecule has 0 aliphatic carbocycles. The number of aliphatic hydroxyl groups excluding tert-OH is 1. The van der Waals surface area contributed by atoms with Gasteiger partial charge in [0, 0.05) is 25.7 Å². The summed E-state index contributed by atoms with van der Waals surface area (Å²) in [6.07, 6.45) is 73.5. The third kappa shape index (κ3) is 80.7. The summed E-state index contributed by atoms with van der Waals surface area (Å²) in [6.45, 7) is 9.77. The van der Waals surface area contributed by atoms with Crippen LogP contribution in [-0.4, -0.2) is 96.7 Å². The first-order valence-corrected chi connectivity index (χ1v) is 49.0. The largest absolute Gasteiger partial charge is 0.472 e. The quantitative estimate of drug-likeness (QED) is 0.0222. The maximum Gasteiger partial charge on any atom is 0.472 e. The average molecular weight is 1580 g/mol. The van der Waals surface area contributed by atoms with Crippen LogP contribution in [-0.2, 0) is 65.4 Å². The van der Waals surface area contributed by atoms with Gasteiger partial charge in [-0.05, 0) is 37.5 Å². The second kappa shape index (κ2) is 80.3. The molecule has 6 atom stereocenters. The number of phosphoric acid groups is 2. The van der Waals surface area contributed by atoms with Crippen molar-refractivity contribution in [3.63, 3.8) is 0 Å². The minimum Gasteiger partial charge on any atom is -0.462 e. The van der Waals surface area contributed by atoms with Crippen LogP contribution < -0.4 is 0 Å². The summed E-state index contributed by atoms with van der Waals surface area (Å²) in [5, 5.41) is 10.7. The summed E-state index contributed by atoms with van der Waals surface area (Å²) in [7, 11) is -9.93. The third-order valence-electron chi connectivity index (χ3n) is 21.3. The van der Waals surface area contributed by atoms with E-state index in [0.717, 1.165) is 102 Å². The Labute approximate surface area is 664 Å². The van der Waals surface area contributed by atoms with E-state index in [4.69, 9.17) is 37.0 Å². The molecular formula is C89H174O17P2. The van der Waals surface area contributed by atoms with E-state index in [0.29, 0.717) is 25.7 Å². The standard InChI is InChI=1S/C89H174O17P2/c1-7-10-12-14-16-18-20-21-22-23-24-25-26-31-37-43-49-55-61-67-73-88(93)106-85(78-100-87(92)72-66-60-54-48-42-36-30-28-27-29-34-40-45-51-57-63-69-81(4)5)80-104-108(97,98)102-76-83(90)75-101-107(95,96)103-79-84(77-99-86(91)71-65-59-53-47-39-19-17-15-13-11-8-2)105-89(94)74-68-62-56-50-44-38-33-32-35-41-46-52-58-64-70-82(6)9-3/h81-85,90H,7-80H2,1-6H3,(H,95,96)(H,97,98)/t82?,83-,84+,85+/m0/s1. The molecular weight excluding hydrogens is 1400 g/mol. The van der Waals surface area contributed by atoms with E-state index in [1.165, 1.54) is 295 Å². The van der Waals surface area contributed by atoms with E-state index >= 15 is 0 Å². The Bertz CT molecular complexity index is 2070. The molecule has 108 heavy (non-hydrogen) atoms. The van der Waals surface area contributed by atoms with Crippen molar-refractivity contribution in [2.45, 2.75) is 496 Å². The Morgan fingerprint density at radius 2 is 0.472 bits per heavy atom. The fourth-order valence-electron chi connectivity index (χ4n) is 13.9. The highest BCUT2D eigenvalue weighted by atomic mass is 31.2. The summed E-state index contributed by atoms with van der Waals surface area (Å²) < 4.78 is 69.0. The molecule has 3 N–H and O–H groups in total. The molecule has 0 aliphatic heterocycles. The predicted molar refractivity (Wildman–Crippen MR) is 446 cm³/mol. The van der Waals surface area contributed by atoms with Crippen LogP contribution in [0.5, 0.6) is 0 Å². The van der Waals surface area contributed by atoms with Crippen LogP contribution in [0.15, 0.2) is 0 Å². The van der Waals surface area contributed by atoms with Gasteiger partial charge >= 0.3 is 39.5 Å². The van der Waals surface area contributed by atoms with Crippen LogP contribution in [0.2, 0.25) is 0 Å². The smallest absolute Gasteiger partial charge is 0.462 e. The summed E-state index contributed by atoms with van der Waals surface area (Å²) >= 11 is 0. The summed E-state index contributed by atoms with van der Waals surface area (Å²) in [6, 6.07) is 0. The minimum atomic E-state index is -4.97. The third-order valence-corrected chi connectivity index (χ3v) is 23.2. The summed E-state index contributed by atoms with van der Waals surface area (Å²) in [4.78, 5) is 73.3. The van der Waals surface area contributed by atoms with Gasteiger partial charge in [0.1, 0.15) is 19.3 Å². The lowest BCUT2D eigenvalue weighted by atomic mass is 9.99. The molecule has 19 heteroatoms. The van der Waals surface area contributed by atoms with Crippen molar-refractivity contribution in [2.24, 2.45) is 11.8 Å². The Morgan fingerprint density at radius 3 is 0.704 bits per heavy atom. The molecule has 0 spiro atoms. The van der Waals surface area contributed by atoms with Gasteiger partial charge in [-0.15, -0.1) is 0 Å². The van der Waals surface area contributed by atoms with Crippen molar-refractivity contribution in [1.29, 1.82) is 0 Å². The molecule has 17 nitrogen and oxygen atoms in total. The van der Waals surface area contributed by atoms with Gasteiger partial charge in [-0.25, -0.2) is 9.13 Å². The van der Waals surface area contributed by atoms with Gasteiger partial charge < -0.3 is 33.8 Å². The molecule has 0 saturated heterocycles. The number of phosphoric ester groups is 2. The zero-order valence-corrected chi connectivity index (χ0v) is 73.0. The van der Waals surface area contributed by atoms with Crippen molar-refractivity contribution in [3.8, 4) is 0 Å². The van der Waals surface area contributed by atoms with E-state index in [1.54, 1.807) is 0 Å². The number of aliphatic hydroxyl groups is 1. The summed E-state index contributed by atoms with van der Waals surface area (Å²) in [5.74, 6) is -0.438. The molecule has 0 aromatic rings. The molecule has 0 saturated carbocycles. The minimum absolute atomic E-state index is 0.108. The first-order valence-electron chi connectivity index (χ1n) is 46.0. The fourth-order valence-corrected chi connectivity index (χ4v) is 15.5. The van der Waals surface area contributed by atoms with Gasteiger partial charge in [-0.2, -0.15) is 0 Å². The Morgan fingerprint density at radius 1 is 0.269 bits per heavy atom. The van der Waals surface area contributed by atoms with Gasteiger partial charge in [0.2, 0.25) is 0 Å². The van der Waals surface area contributed by atoms with E-state index in [-0.39, 0.29) is 25.7 Å². The Kier molecular flexibility index (Phi) is 78.8. The first kappa shape index (κ1) is 106. The van der Waals surface area contributed by atoms with E-state index in [9.17, 15) is 43.2 Å². The van der Waals surface area contributed by atoms with Crippen molar-refractivity contribution in [2.75, 3.05) is 39.6 Å². The van der Waals surface area contributed by atoms with E-state index in [2.05, 4.69) is 41.5 Å². The molecule has 0 aliphatic rings. The SMILES string of the molecule is CCCCCCCCCCCCCCCCCCCCCCC(=O)O[C@H](COC(=O)CCCCCCCCCCCCCCCCCCC(C)C)COP(=O)(O)OC[C@@H](O)COP(=O)(O)OC[C@@H](COC(=O)CCCCCCCCCCCCC)OC(=O)CCCCCCCCCCCCCCCCC(C)CC. The second-order valence-corrected chi connectivity index (χ2v) is 35.6. The number of hydrogen-bond donors (Lipinski definition) is 3.